The van der Waals surface area contributed by atoms with Gasteiger partial charge in [0.25, 0.3) is 5.91 Å². The normalized spacial score (nSPS) is 18.3. The Hall–Kier alpha value is -2.48. The monoisotopic (exact) mass is 488 g/mol. The quantitative estimate of drug-likeness (QED) is 0.573. The summed E-state index contributed by atoms with van der Waals surface area (Å²) in [5, 5.41) is 24.1. The number of hydrogen-bond donors (Lipinski definition) is 3. The fraction of sp³-hybridized carbons (Fsp3) is 0.500. The summed E-state index contributed by atoms with van der Waals surface area (Å²) >= 11 is 6.13. The number of hydrogen-bond acceptors (Lipinski definition) is 6. The molecule has 0 saturated carbocycles. The van der Waals surface area contributed by atoms with Gasteiger partial charge in [0.15, 0.2) is 0 Å². The molecule has 8 heteroatoms. The molecule has 3 N–H and O–H groups in total. The van der Waals surface area contributed by atoms with E-state index >= 15 is 0 Å². The third kappa shape index (κ3) is 5.95. The largest absolute Gasteiger partial charge is 0.508 e. The molecule has 2 heterocycles. The minimum absolute atomic E-state index is 0.00280. The van der Waals surface area contributed by atoms with Crippen LogP contribution in [0.1, 0.15) is 49.5 Å². The minimum Gasteiger partial charge on any atom is -0.508 e. The summed E-state index contributed by atoms with van der Waals surface area (Å²) < 4.78 is 12.1. The molecule has 1 fully saturated rings. The summed E-state index contributed by atoms with van der Waals surface area (Å²) in [4.78, 5) is 14.8. The molecule has 1 atom stereocenters. The summed E-state index contributed by atoms with van der Waals surface area (Å²) in [5.41, 5.74) is 0.875. The summed E-state index contributed by atoms with van der Waals surface area (Å²) in [5.74, 6) is 0.868. The van der Waals surface area contributed by atoms with Crippen molar-refractivity contribution in [3.8, 4) is 17.2 Å². The van der Waals surface area contributed by atoms with Crippen LogP contribution in [0, 0.1) is 0 Å². The van der Waals surface area contributed by atoms with Gasteiger partial charge in [-0.05, 0) is 56.7 Å². The summed E-state index contributed by atoms with van der Waals surface area (Å²) in [7, 11) is 0. The van der Waals surface area contributed by atoms with Gasteiger partial charge in [-0.2, -0.15) is 0 Å². The van der Waals surface area contributed by atoms with Crippen molar-refractivity contribution in [3.05, 3.63) is 52.5 Å². The van der Waals surface area contributed by atoms with Crippen LogP contribution in [0.25, 0.3) is 0 Å². The van der Waals surface area contributed by atoms with Gasteiger partial charge in [-0.1, -0.05) is 11.6 Å². The van der Waals surface area contributed by atoms with Crippen molar-refractivity contribution < 1.29 is 24.5 Å². The predicted molar refractivity (Wildman–Crippen MR) is 131 cm³/mol. The molecule has 1 saturated heterocycles. The first kappa shape index (κ1) is 24.6. The van der Waals surface area contributed by atoms with E-state index in [1.54, 1.807) is 0 Å². The van der Waals surface area contributed by atoms with Crippen LogP contribution in [0.4, 0.5) is 0 Å². The minimum atomic E-state index is -0.740. The standard InChI is InChI=1S/C26H33ClN2O5/c1-25(2,3)28-24(32)21-6-5-19(30)13-23(21)33-16-20(31)15-29-10-8-26(9-11-29)14-17-12-18(27)4-7-22(17)34-26/h4-7,12-13,20,30-31H,8-11,14-16H2,1-3H3,(H,28,32)/t20-/m0/s1. The number of halogens is 1. The lowest BCUT2D eigenvalue weighted by molar-refractivity contribution is -0.00200. The maximum absolute atomic E-state index is 12.6. The number of carbonyl (C=O) groups is 1. The second kappa shape index (κ2) is 9.64. The molecule has 4 rings (SSSR count). The molecular formula is C26H33ClN2O5. The number of nitrogens with zero attached hydrogens (tertiary/aromatic N) is 1. The van der Waals surface area contributed by atoms with Crippen molar-refractivity contribution in [1.29, 1.82) is 0 Å². The van der Waals surface area contributed by atoms with Crippen LogP contribution in [-0.4, -0.2) is 64.5 Å². The molecule has 0 aromatic heterocycles. The topological polar surface area (TPSA) is 91.3 Å². The van der Waals surface area contributed by atoms with E-state index in [0.717, 1.165) is 48.7 Å². The lowest BCUT2D eigenvalue weighted by Crippen LogP contribution is -2.49. The van der Waals surface area contributed by atoms with Crippen molar-refractivity contribution in [2.24, 2.45) is 0 Å². The van der Waals surface area contributed by atoms with Gasteiger partial charge in [0.05, 0.1) is 5.56 Å². The number of benzene rings is 2. The van der Waals surface area contributed by atoms with Crippen LogP contribution in [0.5, 0.6) is 17.2 Å². The Morgan fingerprint density at radius 3 is 2.68 bits per heavy atom. The number of aliphatic hydroxyl groups is 1. The van der Waals surface area contributed by atoms with Crippen molar-refractivity contribution in [3.63, 3.8) is 0 Å². The molecule has 184 valence electrons. The van der Waals surface area contributed by atoms with Gasteiger partial charge < -0.3 is 29.9 Å². The Morgan fingerprint density at radius 2 is 1.97 bits per heavy atom. The second-order valence-electron chi connectivity index (χ2n) is 10.4. The molecule has 0 aliphatic carbocycles. The maximum atomic E-state index is 12.6. The van der Waals surface area contributed by atoms with Gasteiger partial charge in [0, 0.05) is 55.5 Å². The lowest BCUT2D eigenvalue weighted by Gasteiger charge is -2.39. The molecule has 0 bridgehead atoms. The Bertz CT molecular complexity index is 1040. The number of carbonyl (C=O) groups excluding carboxylic acids is 1. The number of aliphatic hydroxyl groups excluding tert-OH is 1. The van der Waals surface area contributed by atoms with Gasteiger partial charge in [-0.25, -0.2) is 0 Å². The van der Waals surface area contributed by atoms with E-state index in [9.17, 15) is 15.0 Å². The van der Waals surface area contributed by atoms with Crippen LogP contribution < -0.4 is 14.8 Å². The van der Waals surface area contributed by atoms with E-state index in [1.807, 2.05) is 39.0 Å². The highest BCUT2D eigenvalue weighted by molar-refractivity contribution is 6.30. The number of β-amino-alcohol motifs (C(OH)–C–C–N with tert-alkyl or cyclic N) is 1. The first-order valence-electron chi connectivity index (χ1n) is 11.7. The van der Waals surface area contributed by atoms with Crippen LogP contribution in [0.15, 0.2) is 36.4 Å². The SMILES string of the molecule is CC(C)(C)NC(=O)c1ccc(O)cc1OC[C@@H](O)CN1CCC2(CC1)Cc1cc(Cl)ccc1O2. The van der Waals surface area contributed by atoms with Crippen LogP contribution in [0.3, 0.4) is 0 Å². The summed E-state index contributed by atoms with van der Waals surface area (Å²) in [6.45, 7) is 7.77. The number of amides is 1. The Morgan fingerprint density at radius 1 is 1.24 bits per heavy atom. The summed E-state index contributed by atoms with van der Waals surface area (Å²) in [6.07, 6.45) is 1.86. The number of rotatable bonds is 6. The summed E-state index contributed by atoms with van der Waals surface area (Å²) in [6, 6.07) is 10.1. The molecular weight excluding hydrogens is 456 g/mol. The van der Waals surface area contributed by atoms with Gasteiger partial charge in [-0.3, -0.25) is 4.79 Å². The number of nitrogens with one attached hydrogen (secondary N) is 1. The number of phenols is 1. The third-order valence-electron chi connectivity index (χ3n) is 6.23. The molecule has 34 heavy (non-hydrogen) atoms. The first-order valence-corrected chi connectivity index (χ1v) is 12.1. The molecule has 2 aromatic rings. The van der Waals surface area contributed by atoms with E-state index in [1.165, 1.54) is 18.2 Å². The zero-order valence-electron chi connectivity index (χ0n) is 19.9. The van der Waals surface area contributed by atoms with Crippen LogP contribution in [0.2, 0.25) is 5.02 Å². The zero-order chi connectivity index (χ0) is 24.5. The van der Waals surface area contributed by atoms with Gasteiger partial charge in [-0.15, -0.1) is 0 Å². The molecule has 2 aliphatic heterocycles. The molecule has 1 spiro atoms. The number of ether oxygens (including phenoxy) is 2. The maximum Gasteiger partial charge on any atom is 0.255 e. The van der Waals surface area contributed by atoms with Gasteiger partial charge in [0.1, 0.15) is 35.6 Å². The number of aromatic hydroxyl groups is 1. The first-order chi connectivity index (χ1) is 16.0. The number of fused-ring (bicyclic) bond motifs is 1. The van der Waals surface area contributed by atoms with E-state index in [2.05, 4.69) is 10.2 Å². The van der Waals surface area contributed by atoms with Gasteiger partial charge in [0.2, 0.25) is 0 Å². The number of likely N-dealkylation sites (tertiary alicyclic amines) is 1. The lowest BCUT2D eigenvalue weighted by atomic mass is 9.87. The average Bonchev–Trinajstić information content (AvgIpc) is 3.09. The van der Waals surface area contributed by atoms with E-state index in [0.29, 0.717) is 12.1 Å². The van der Waals surface area contributed by atoms with Crippen molar-refractivity contribution >= 4 is 17.5 Å². The highest BCUT2D eigenvalue weighted by Gasteiger charge is 2.42. The Kier molecular flexibility index (Phi) is 6.99. The molecule has 7 nitrogen and oxygen atoms in total. The molecule has 0 radical (unpaired) electrons. The van der Waals surface area contributed by atoms with E-state index in [4.69, 9.17) is 21.1 Å². The average molecular weight is 489 g/mol. The van der Waals surface area contributed by atoms with Gasteiger partial charge >= 0.3 is 0 Å². The fourth-order valence-electron chi connectivity index (χ4n) is 4.59. The van der Waals surface area contributed by atoms with E-state index < -0.39 is 11.6 Å². The van der Waals surface area contributed by atoms with Crippen LogP contribution >= 0.6 is 11.6 Å². The van der Waals surface area contributed by atoms with Crippen molar-refractivity contribution in [1.82, 2.24) is 10.2 Å². The highest BCUT2D eigenvalue weighted by Crippen LogP contribution is 2.42. The van der Waals surface area contributed by atoms with E-state index in [-0.39, 0.29) is 29.6 Å². The van der Waals surface area contributed by atoms with Crippen molar-refractivity contribution in [2.45, 2.75) is 57.3 Å². The molecule has 0 unspecified atom stereocenters. The highest BCUT2D eigenvalue weighted by atomic mass is 35.5. The number of piperidine rings is 1. The third-order valence-corrected chi connectivity index (χ3v) is 6.46. The molecule has 1 amide bonds. The molecule has 2 aromatic carbocycles. The van der Waals surface area contributed by atoms with Crippen molar-refractivity contribution in [2.75, 3.05) is 26.2 Å². The Labute approximate surface area is 205 Å². The number of phenolic OH excluding ortho intramolecular Hbond substituents is 1. The zero-order valence-corrected chi connectivity index (χ0v) is 20.7. The fourth-order valence-corrected chi connectivity index (χ4v) is 4.78. The second-order valence-corrected chi connectivity index (χ2v) is 10.8. The predicted octanol–water partition coefficient (Wildman–Crippen LogP) is 3.78. The van der Waals surface area contributed by atoms with Crippen LogP contribution in [-0.2, 0) is 6.42 Å². The smallest absolute Gasteiger partial charge is 0.255 e. The Balaban J connectivity index is 1.29. The molecule has 2 aliphatic rings.